The summed E-state index contributed by atoms with van der Waals surface area (Å²) in [5, 5.41) is 0. The van der Waals surface area contributed by atoms with Crippen LogP contribution in [0.1, 0.15) is 33.6 Å². The minimum Gasteiger partial charge on any atom is -0.461 e. The average Bonchev–Trinajstić information content (AvgIpc) is 2.36. The number of piperidine rings is 1. The van der Waals surface area contributed by atoms with Crippen molar-refractivity contribution in [2.75, 3.05) is 20.2 Å². The summed E-state index contributed by atoms with van der Waals surface area (Å²) in [5.41, 5.74) is -0.536. The second kappa shape index (κ2) is 6.58. The van der Waals surface area contributed by atoms with Crippen molar-refractivity contribution in [3.8, 4) is 0 Å². The van der Waals surface area contributed by atoms with Crippen molar-refractivity contribution in [3.63, 3.8) is 0 Å². The molecule has 7 nitrogen and oxygen atoms in total. The van der Waals surface area contributed by atoms with E-state index in [0.29, 0.717) is 25.9 Å². The zero-order chi connectivity index (χ0) is 15.3. The Kier molecular flexibility index (Phi) is 5.35. The number of amides is 1. The highest BCUT2D eigenvalue weighted by Crippen LogP contribution is 2.17. The average molecular weight is 287 g/mol. The summed E-state index contributed by atoms with van der Waals surface area (Å²) in [4.78, 5) is 35.6. The monoisotopic (exact) mass is 287 g/mol. The van der Waals surface area contributed by atoms with Crippen LogP contribution in [0, 0.1) is 0 Å². The molecule has 1 amide bonds. The maximum atomic E-state index is 11.8. The number of hydrogen-bond donors (Lipinski definition) is 0. The Morgan fingerprint density at radius 1 is 1.05 bits per heavy atom. The molecule has 0 aromatic carbocycles. The van der Waals surface area contributed by atoms with Gasteiger partial charge in [0.05, 0.1) is 7.11 Å². The van der Waals surface area contributed by atoms with Crippen LogP contribution in [0.25, 0.3) is 0 Å². The summed E-state index contributed by atoms with van der Waals surface area (Å²) in [6.07, 6.45) is 0.194. The number of carbonyl (C=O) groups excluding carboxylic acids is 3. The van der Waals surface area contributed by atoms with Crippen LogP contribution >= 0.6 is 0 Å². The molecule has 1 fully saturated rings. The minimum absolute atomic E-state index is 0.375. The highest BCUT2D eigenvalue weighted by atomic mass is 16.6. The summed E-state index contributed by atoms with van der Waals surface area (Å²) in [5.74, 6) is -2.01. The molecule has 1 heterocycles. The van der Waals surface area contributed by atoms with Crippen LogP contribution in [0.4, 0.5) is 4.79 Å². The predicted molar refractivity (Wildman–Crippen MR) is 68.9 cm³/mol. The second-order valence-corrected chi connectivity index (χ2v) is 5.56. The van der Waals surface area contributed by atoms with E-state index in [1.54, 1.807) is 25.7 Å². The molecule has 0 spiro atoms. The van der Waals surface area contributed by atoms with Crippen LogP contribution in [0.5, 0.6) is 0 Å². The van der Waals surface area contributed by atoms with E-state index in [0.717, 1.165) is 7.11 Å². The number of likely N-dealkylation sites (tertiary alicyclic amines) is 1. The Balaban J connectivity index is 2.38. The molecule has 7 heteroatoms. The Bertz CT molecular complexity index is 379. The number of rotatable bonds is 1. The summed E-state index contributed by atoms with van der Waals surface area (Å²) in [6.45, 7) is 6.25. The van der Waals surface area contributed by atoms with E-state index in [9.17, 15) is 14.4 Å². The molecule has 1 saturated heterocycles. The molecule has 1 rings (SSSR count). The maximum absolute atomic E-state index is 11.8. The lowest BCUT2D eigenvalue weighted by Gasteiger charge is -2.32. The van der Waals surface area contributed by atoms with Gasteiger partial charge in [0.2, 0.25) is 0 Å². The molecule has 0 aromatic heterocycles. The van der Waals surface area contributed by atoms with Gasteiger partial charge in [0.1, 0.15) is 11.7 Å². The fraction of sp³-hybridized carbons (Fsp3) is 0.769. The van der Waals surface area contributed by atoms with Gasteiger partial charge in [0.15, 0.2) is 0 Å². The van der Waals surface area contributed by atoms with E-state index in [4.69, 9.17) is 9.47 Å². The topological polar surface area (TPSA) is 82.1 Å². The zero-order valence-electron chi connectivity index (χ0n) is 12.3. The Labute approximate surface area is 118 Å². The smallest absolute Gasteiger partial charge is 0.417 e. The number of nitrogens with zero attached hydrogens (tertiary/aromatic N) is 1. The van der Waals surface area contributed by atoms with E-state index in [2.05, 4.69) is 4.74 Å². The summed E-state index contributed by atoms with van der Waals surface area (Å²) >= 11 is 0. The normalized spacial score (nSPS) is 16.5. The quantitative estimate of drug-likeness (QED) is 0.408. The van der Waals surface area contributed by atoms with E-state index in [1.165, 1.54) is 0 Å². The van der Waals surface area contributed by atoms with Crippen LogP contribution in [0.15, 0.2) is 0 Å². The molecule has 1 aliphatic rings. The molecular formula is C13H21NO6. The van der Waals surface area contributed by atoms with Gasteiger partial charge in [0.25, 0.3) is 0 Å². The standard InChI is InChI=1S/C13H21NO6/c1-13(2,3)20-12(17)14-7-5-9(6-8-14)19-11(16)10(15)18-4/h9H,5-8H2,1-4H3. The van der Waals surface area contributed by atoms with Gasteiger partial charge in [-0.3, -0.25) is 0 Å². The Morgan fingerprint density at radius 3 is 2.05 bits per heavy atom. The number of methoxy groups -OCH3 is 1. The van der Waals surface area contributed by atoms with Gasteiger partial charge in [-0.1, -0.05) is 0 Å². The van der Waals surface area contributed by atoms with Crippen molar-refractivity contribution in [3.05, 3.63) is 0 Å². The second-order valence-electron chi connectivity index (χ2n) is 5.56. The van der Waals surface area contributed by atoms with Crippen LogP contribution < -0.4 is 0 Å². The lowest BCUT2D eigenvalue weighted by Crippen LogP contribution is -2.44. The van der Waals surface area contributed by atoms with Crippen molar-refractivity contribution in [2.45, 2.75) is 45.3 Å². The van der Waals surface area contributed by atoms with Crippen LogP contribution in [0.3, 0.4) is 0 Å². The molecule has 114 valence electrons. The third kappa shape index (κ3) is 5.07. The van der Waals surface area contributed by atoms with Gasteiger partial charge in [-0.15, -0.1) is 0 Å². The number of esters is 2. The zero-order valence-corrected chi connectivity index (χ0v) is 12.3. The Hall–Kier alpha value is -1.79. The molecule has 0 atom stereocenters. The molecule has 0 saturated carbocycles. The molecule has 0 N–H and O–H groups in total. The molecule has 20 heavy (non-hydrogen) atoms. The van der Waals surface area contributed by atoms with Gasteiger partial charge < -0.3 is 19.1 Å². The highest BCUT2D eigenvalue weighted by Gasteiger charge is 2.29. The summed E-state index contributed by atoms with van der Waals surface area (Å²) in [6, 6.07) is 0. The molecule has 0 unspecified atom stereocenters. The van der Waals surface area contributed by atoms with Crippen molar-refractivity contribution in [1.29, 1.82) is 0 Å². The molecule has 1 aliphatic heterocycles. The number of hydrogen-bond acceptors (Lipinski definition) is 6. The molecule has 0 aliphatic carbocycles. The van der Waals surface area contributed by atoms with Crippen molar-refractivity contribution >= 4 is 18.0 Å². The van der Waals surface area contributed by atoms with Gasteiger partial charge in [-0.2, -0.15) is 0 Å². The number of carbonyl (C=O) groups is 3. The highest BCUT2D eigenvalue weighted by molar-refractivity contribution is 6.29. The molecular weight excluding hydrogens is 266 g/mol. The van der Waals surface area contributed by atoms with Gasteiger partial charge in [-0.05, 0) is 20.8 Å². The third-order valence-corrected chi connectivity index (χ3v) is 2.72. The van der Waals surface area contributed by atoms with E-state index < -0.39 is 17.5 Å². The first kappa shape index (κ1) is 16.3. The SMILES string of the molecule is COC(=O)C(=O)OC1CCN(C(=O)OC(C)(C)C)CC1. The fourth-order valence-electron chi connectivity index (χ4n) is 1.77. The fourth-order valence-corrected chi connectivity index (χ4v) is 1.77. The van der Waals surface area contributed by atoms with E-state index >= 15 is 0 Å². The van der Waals surface area contributed by atoms with Crippen molar-refractivity contribution in [2.24, 2.45) is 0 Å². The number of ether oxygens (including phenoxy) is 3. The predicted octanol–water partition coefficient (Wildman–Crippen LogP) is 1.10. The summed E-state index contributed by atoms with van der Waals surface area (Å²) in [7, 11) is 1.12. The van der Waals surface area contributed by atoms with E-state index in [1.807, 2.05) is 0 Å². The van der Waals surface area contributed by atoms with Crippen molar-refractivity contribution < 1.29 is 28.6 Å². The summed E-state index contributed by atoms with van der Waals surface area (Å²) < 4.78 is 14.5. The van der Waals surface area contributed by atoms with Crippen LogP contribution in [-0.4, -0.2) is 54.8 Å². The third-order valence-electron chi connectivity index (χ3n) is 2.72. The van der Waals surface area contributed by atoms with Gasteiger partial charge >= 0.3 is 18.0 Å². The minimum atomic E-state index is -1.01. The van der Waals surface area contributed by atoms with Gasteiger partial charge in [0, 0.05) is 25.9 Å². The first-order valence-corrected chi connectivity index (χ1v) is 6.50. The van der Waals surface area contributed by atoms with E-state index in [-0.39, 0.29) is 12.2 Å². The largest absolute Gasteiger partial charge is 0.461 e. The lowest BCUT2D eigenvalue weighted by molar-refractivity contribution is -0.170. The first-order valence-electron chi connectivity index (χ1n) is 6.50. The molecule has 0 aromatic rings. The van der Waals surface area contributed by atoms with Gasteiger partial charge in [-0.25, -0.2) is 14.4 Å². The molecule has 0 bridgehead atoms. The van der Waals surface area contributed by atoms with Crippen LogP contribution in [-0.2, 0) is 23.8 Å². The molecule has 0 radical (unpaired) electrons. The Morgan fingerprint density at radius 2 is 1.60 bits per heavy atom. The van der Waals surface area contributed by atoms with Crippen molar-refractivity contribution in [1.82, 2.24) is 4.90 Å². The first-order chi connectivity index (χ1) is 9.23. The maximum Gasteiger partial charge on any atom is 0.417 e. The van der Waals surface area contributed by atoms with Crippen LogP contribution in [0.2, 0.25) is 0 Å². The lowest BCUT2D eigenvalue weighted by atomic mass is 10.1.